The summed E-state index contributed by atoms with van der Waals surface area (Å²) < 4.78 is 5.33. The molecule has 0 radical (unpaired) electrons. The van der Waals surface area contributed by atoms with Crippen LogP contribution in [0, 0.1) is 0 Å². The number of rotatable bonds is 6. The zero-order valence-corrected chi connectivity index (χ0v) is 16.5. The number of carbonyl (C=O) groups excluding carboxylic acids is 2. The molecule has 2 aromatic rings. The smallest absolute Gasteiger partial charge is 0.302 e. The maximum atomic E-state index is 12.2. The predicted octanol–water partition coefficient (Wildman–Crippen LogP) is 2.56. The van der Waals surface area contributed by atoms with Gasteiger partial charge in [-0.2, -0.15) is 5.10 Å². The number of hydrogen-bond donors (Lipinski definition) is 2. The standard InChI is InChI=1S/C22H26N4O3/c1-16(27)29-21-3-2-12-26(15-21)14-18-4-8-19(9-5-18)22(28)25-24-13-17-6-10-20(23)11-7-17/h4-11,13,21H,2-3,12,14-15,23H2,1H3,(H,25,28)/b24-13+. The van der Waals surface area contributed by atoms with Gasteiger partial charge in [-0.05, 0) is 54.8 Å². The maximum Gasteiger partial charge on any atom is 0.302 e. The lowest BCUT2D eigenvalue weighted by Gasteiger charge is -2.32. The van der Waals surface area contributed by atoms with Crippen LogP contribution in [0.3, 0.4) is 0 Å². The summed E-state index contributed by atoms with van der Waals surface area (Å²) in [5.74, 6) is -0.498. The lowest BCUT2D eigenvalue weighted by molar-refractivity contribution is -0.148. The van der Waals surface area contributed by atoms with E-state index >= 15 is 0 Å². The Balaban J connectivity index is 1.50. The molecule has 3 N–H and O–H groups in total. The molecule has 2 aromatic carbocycles. The Morgan fingerprint density at radius 2 is 1.93 bits per heavy atom. The quantitative estimate of drug-likeness (QED) is 0.340. The van der Waals surface area contributed by atoms with Crippen LogP contribution >= 0.6 is 0 Å². The van der Waals surface area contributed by atoms with E-state index in [9.17, 15) is 9.59 Å². The Labute approximate surface area is 170 Å². The van der Waals surface area contributed by atoms with Gasteiger partial charge in [0.15, 0.2) is 0 Å². The van der Waals surface area contributed by atoms with Gasteiger partial charge in [0.2, 0.25) is 0 Å². The van der Waals surface area contributed by atoms with E-state index in [2.05, 4.69) is 15.4 Å². The van der Waals surface area contributed by atoms with Crippen molar-refractivity contribution in [1.29, 1.82) is 0 Å². The van der Waals surface area contributed by atoms with Gasteiger partial charge in [0.1, 0.15) is 6.10 Å². The number of anilines is 1. The SMILES string of the molecule is CC(=O)OC1CCCN(Cc2ccc(C(=O)N/N=C/c3ccc(N)cc3)cc2)C1. The second-order valence-corrected chi connectivity index (χ2v) is 7.17. The number of piperidine rings is 1. The van der Waals surface area contributed by atoms with Crippen LogP contribution in [0.25, 0.3) is 0 Å². The third kappa shape index (κ3) is 6.43. The highest BCUT2D eigenvalue weighted by Crippen LogP contribution is 2.16. The van der Waals surface area contributed by atoms with Crippen LogP contribution in [0.4, 0.5) is 5.69 Å². The Morgan fingerprint density at radius 1 is 1.21 bits per heavy atom. The third-order valence-corrected chi connectivity index (χ3v) is 4.73. The molecule has 1 fully saturated rings. The first kappa shape index (κ1) is 20.5. The first-order chi connectivity index (χ1) is 14.0. The predicted molar refractivity (Wildman–Crippen MR) is 112 cm³/mol. The number of ether oxygens (including phenoxy) is 1. The minimum Gasteiger partial charge on any atom is -0.461 e. The van der Waals surface area contributed by atoms with Gasteiger partial charge in [0, 0.05) is 31.3 Å². The summed E-state index contributed by atoms with van der Waals surface area (Å²) in [6.45, 7) is 3.92. The average molecular weight is 394 g/mol. The van der Waals surface area contributed by atoms with Gasteiger partial charge < -0.3 is 10.5 Å². The molecule has 1 amide bonds. The van der Waals surface area contributed by atoms with E-state index in [1.807, 2.05) is 24.3 Å². The molecule has 1 aliphatic rings. The highest BCUT2D eigenvalue weighted by Gasteiger charge is 2.22. The number of nitrogens with one attached hydrogen (secondary N) is 1. The van der Waals surface area contributed by atoms with Crippen LogP contribution < -0.4 is 11.2 Å². The number of benzene rings is 2. The van der Waals surface area contributed by atoms with E-state index in [1.165, 1.54) is 6.92 Å². The van der Waals surface area contributed by atoms with Crippen LogP contribution in [0.1, 0.15) is 41.3 Å². The molecule has 0 spiro atoms. The van der Waals surface area contributed by atoms with E-state index in [4.69, 9.17) is 10.5 Å². The molecule has 7 nitrogen and oxygen atoms in total. The maximum absolute atomic E-state index is 12.2. The fourth-order valence-corrected chi connectivity index (χ4v) is 3.32. The number of nitrogen functional groups attached to an aromatic ring is 1. The molecule has 29 heavy (non-hydrogen) atoms. The van der Waals surface area contributed by atoms with Crippen LogP contribution in [0.5, 0.6) is 0 Å². The molecule has 0 aromatic heterocycles. The normalized spacial score (nSPS) is 17.2. The van der Waals surface area contributed by atoms with Crippen molar-refractivity contribution in [3.63, 3.8) is 0 Å². The molecule has 0 bridgehead atoms. The minimum absolute atomic E-state index is 0.0368. The molecule has 1 atom stereocenters. The summed E-state index contributed by atoms with van der Waals surface area (Å²) in [6.07, 6.45) is 3.45. The molecular weight excluding hydrogens is 368 g/mol. The largest absolute Gasteiger partial charge is 0.461 e. The minimum atomic E-state index is -0.267. The van der Waals surface area contributed by atoms with Crippen molar-refractivity contribution in [3.8, 4) is 0 Å². The Bertz CT molecular complexity index is 863. The number of carbonyl (C=O) groups is 2. The molecule has 0 aliphatic carbocycles. The third-order valence-electron chi connectivity index (χ3n) is 4.73. The molecule has 1 heterocycles. The van der Waals surface area contributed by atoms with Crippen LogP contribution in [-0.4, -0.2) is 42.2 Å². The first-order valence-corrected chi connectivity index (χ1v) is 9.67. The van der Waals surface area contributed by atoms with Crippen LogP contribution in [0.2, 0.25) is 0 Å². The molecule has 7 heteroatoms. The van der Waals surface area contributed by atoms with Crippen molar-refractivity contribution in [1.82, 2.24) is 10.3 Å². The van der Waals surface area contributed by atoms with Crippen molar-refractivity contribution in [2.24, 2.45) is 5.10 Å². The summed E-state index contributed by atoms with van der Waals surface area (Å²) in [7, 11) is 0. The zero-order chi connectivity index (χ0) is 20.6. The van der Waals surface area contributed by atoms with Gasteiger partial charge in [-0.15, -0.1) is 0 Å². The number of hydrogen-bond acceptors (Lipinski definition) is 6. The summed E-state index contributed by atoms with van der Waals surface area (Å²) in [6, 6.07) is 14.7. The highest BCUT2D eigenvalue weighted by molar-refractivity contribution is 5.94. The van der Waals surface area contributed by atoms with E-state index in [1.54, 1.807) is 30.5 Å². The van der Waals surface area contributed by atoms with Crippen LogP contribution in [-0.2, 0) is 16.1 Å². The molecule has 1 saturated heterocycles. The van der Waals surface area contributed by atoms with Gasteiger partial charge >= 0.3 is 5.97 Å². The van der Waals surface area contributed by atoms with Crippen molar-refractivity contribution in [3.05, 3.63) is 65.2 Å². The monoisotopic (exact) mass is 394 g/mol. The number of nitrogens with two attached hydrogens (primary N) is 1. The average Bonchev–Trinajstić information content (AvgIpc) is 2.70. The number of esters is 1. The molecule has 1 aliphatic heterocycles. The highest BCUT2D eigenvalue weighted by atomic mass is 16.5. The number of amides is 1. The fraction of sp³-hybridized carbons (Fsp3) is 0.318. The molecule has 0 saturated carbocycles. The number of nitrogens with zero attached hydrogens (tertiary/aromatic N) is 2. The zero-order valence-electron chi connectivity index (χ0n) is 16.5. The lowest BCUT2D eigenvalue weighted by Crippen LogP contribution is -2.39. The number of hydrazone groups is 1. The molecule has 3 rings (SSSR count). The van der Waals surface area contributed by atoms with Crippen LogP contribution in [0.15, 0.2) is 53.6 Å². The molecular formula is C22H26N4O3. The first-order valence-electron chi connectivity index (χ1n) is 9.67. The van der Waals surface area contributed by atoms with Gasteiger partial charge in [-0.3, -0.25) is 14.5 Å². The van der Waals surface area contributed by atoms with Crippen molar-refractivity contribution in [2.45, 2.75) is 32.4 Å². The fourth-order valence-electron chi connectivity index (χ4n) is 3.32. The van der Waals surface area contributed by atoms with E-state index in [-0.39, 0.29) is 18.0 Å². The summed E-state index contributed by atoms with van der Waals surface area (Å²) >= 11 is 0. The number of likely N-dealkylation sites (tertiary alicyclic amines) is 1. The summed E-state index contributed by atoms with van der Waals surface area (Å²) in [5.41, 5.74) is 11.3. The van der Waals surface area contributed by atoms with E-state index < -0.39 is 0 Å². The second kappa shape index (κ2) is 9.84. The lowest BCUT2D eigenvalue weighted by atomic mass is 10.1. The Hall–Kier alpha value is -3.19. The topological polar surface area (TPSA) is 97.0 Å². The van der Waals surface area contributed by atoms with Crippen molar-refractivity contribution >= 4 is 23.8 Å². The second-order valence-electron chi connectivity index (χ2n) is 7.17. The van der Waals surface area contributed by atoms with Crippen molar-refractivity contribution in [2.75, 3.05) is 18.8 Å². The van der Waals surface area contributed by atoms with Crippen molar-refractivity contribution < 1.29 is 14.3 Å². The van der Waals surface area contributed by atoms with Gasteiger partial charge in [-0.25, -0.2) is 5.43 Å². The van der Waals surface area contributed by atoms with Gasteiger partial charge in [0.25, 0.3) is 5.91 Å². The summed E-state index contributed by atoms with van der Waals surface area (Å²) in [5, 5.41) is 3.98. The summed E-state index contributed by atoms with van der Waals surface area (Å²) in [4.78, 5) is 25.7. The van der Waals surface area contributed by atoms with Gasteiger partial charge in [-0.1, -0.05) is 24.3 Å². The molecule has 152 valence electrons. The van der Waals surface area contributed by atoms with E-state index in [0.29, 0.717) is 11.3 Å². The van der Waals surface area contributed by atoms with Gasteiger partial charge in [0.05, 0.1) is 6.21 Å². The van der Waals surface area contributed by atoms with E-state index in [0.717, 1.165) is 43.6 Å². The molecule has 1 unspecified atom stereocenters. The Morgan fingerprint density at radius 3 is 2.62 bits per heavy atom. The Kier molecular flexibility index (Phi) is 6.97.